The summed E-state index contributed by atoms with van der Waals surface area (Å²) in [5, 5.41) is 33.0. The number of H-pyrrole nitrogens is 1. The fraction of sp³-hybridized carbons (Fsp3) is 0.316. The quantitative estimate of drug-likeness (QED) is 0.461. The molecule has 0 spiro atoms. The summed E-state index contributed by atoms with van der Waals surface area (Å²) in [5.74, 6) is -0.572. The molecule has 0 fully saturated rings. The summed E-state index contributed by atoms with van der Waals surface area (Å²) in [6, 6.07) is 9.94. The Morgan fingerprint density at radius 3 is 2.54 bits per heavy atom. The molecule has 1 aromatic heterocycles. The van der Waals surface area contributed by atoms with E-state index in [0.717, 1.165) is 5.56 Å². The second-order valence-corrected chi connectivity index (χ2v) is 7.02. The number of rotatable bonds is 6. The number of oxazole rings is 1. The Balaban J connectivity index is 1.72. The van der Waals surface area contributed by atoms with Crippen molar-refractivity contribution < 1.29 is 19.7 Å². The smallest absolute Gasteiger partial charge is 0.417 e. The molecule has 2 aromatic carbocycles. The molecule has 0 aliphatic heterocycles. The Labute approximate surface area is 149 Å². The number of phenolic OH excluding ortho intramolecular Hbond substituents is 2. The molecule has 1 heterocycles. The molecule has 0 bridgehead atoms. The number of aliphatic hydroxyl groups excluding tert-OH is 1. The molecule has 3 rings (SSSR count). The van der Waals surface area contributed by atoms with Crippen molar-refractivity contribution in [1.29, 1.82) is 0 Å². The minimum Gasteiger partial charge on any atom is -0.508 e. The molecular formula is C19H22N2O5. The van der Waals surface area contributed by atoms with Crippen molar-refractivity contribution in [2.75, 3.05) is 6.54 Å². The van der Waals surface area contributed by atoms with Gasteiger partial charge in [-0.1, -0.05) is 12.1 Å². The van der Waals surface area contributed by atoms with Gasteiger partial charge in [-0.25, -0.2) is 4.79 Å². The lowest BCUT2D eigenvalue weighted by molar-refractivity contribution is 0.161. The first-order valence-corrected chi connectivity index (χ1v) is 8.31. The molecule has 0 radical (unpaired) electrons. The highest BCUT2D eigenvalue weighted by Crippen LogP contribution is 2.29. The average Bonchev–Trinajstić information content (AvgIpc) is 2.97. The van der Waals surface area contributed by atoms with Gasteiger partial charge in [-0.05, 0) is 50.1 Å². The van der Waals surface area contributed by atoms with E-state index in [1.54, 1.807) is 12.1 Å². The Hall–Kier alpha value is -2.77. The van der Waals surface area contributed by atoms with Crippen molar-refractivity contribution in [2.45, 2.75) is 31.9 Å². The first-order valence-electron chi connectivity index (χ1n) is 8.31. The molecule has 5 N–H and O–H groups in total. The third kappa shape index (κ3) is 3.89. The van der Waals surface area contributed by atoms with E-state index < -0.39 is 11.9 Å². The predicted molar refractivity (Wildman–Crippen MR) is 97.4 cm³/mol. The highest BCUT2D eigenvalue weighted by Gasteiger charge is 2.22. The summed E-state index contributed by atoms with van der Waals surface area (Å²) in [7, 11) is 0. The van der Waals surface area contributed by atoms with E-state index in [9.17, 15) is 20.1 Å². The van der Waals surface area contributed by atoms with Crippen LogP contribution in [-0.2, 0) is 6.42 Å². The van der Waals surface area contributed by atoms with Crippen LogP contribution in [0.3, 0.4) is 0 Å². The van der Waals surface area contributed by atoms with Crippen molar-refractivity contribution >= 4 is 11.1 Å². The van der Waals surface area contributed by atoms with Gasteiger partial charge in [0.1, 0.15) is 17.0 Å². The monoisotopic (exact) mass is 358 g/mol. The molecular weight excluding hydrogens is 336 g/mol. The van der Waals surface area contributed by atoms with Crippen molar-refractivity contribution in [3.05, 3.63) is 58.1 Å². The van der Waals surface area contributed by atoms with Crippen molar-refractivity contribution in [2.24, 2.45) is 0 Å². The fourth-order valence-electron chi connectivity index (χ4n) is 2.97. The number of aromatic nitrogens is 1. The maximum atomic E-state index is 11.4. The van der Waals surface area contributed by atoms with Crippen LogP contribution in [0.15, 0.2) is 45.6 Å². The van der Waals surface area contributed by atoms with Crippen molar-refractivity contribution in [1.82, 2.24) is 10.3 Å². The second-order valence-electron chi connectivity index (χ2n) is 7.02. The first-order chi connectivity index (χ1) is 12.2. The lowest BCUT2D eigenvalue weighted by atomic mass is 9.94. The van der Waals surface area contributed by atoms with Crippen LogP contribution >= 0.6 is 0 Å². The normalized spacial score (nSPS) is 13.2. The number of aromatic hydroxyl groups is 2. The van der Waals surface area contributed by atoms with Crippen LogP contribution in [0.2, 0.25) is 0 Å². The first kappa shape index (κ1) is 18.0. The van der Waals surface area contributed by atoms with E-state index in [2.05, 4.69) is 10.3 Å². The number of hydrogen-bond donors (Lipinski definition) is 5. The minimum atomic E-state index is -0.920. The summed E-state index contributed by atoms with van der Waals surface area (Å²) >= 11 is 0. The third-order valence-electron chi connectivity index (χ3n) is 4.30. The Bertz CT molecular complexity index is 956. The lowest BCUT2D eigenvalue weighted by Gasteiger charge is -2.28. The summed E-state index contributed by atoms with van der Waals surface area (Å²) in [4.78, 5) is 13.8. The molecule has 7 nitrogen and oxygen atoms in total. The van der Waals surface area contributed by atoms with Gasteiger partial charge in [-0.3, -0.25) is 4.98 Å². The Morgan fingerprint density at radius 2 is 1.85 bits per heavy atom. The molecule has 0 aliphatic carbocycles. The number of benzene rings is 2. The van der Waals surface area contributed by atoms with E-state index >= 15 is 0 Å². The molecule has 3 aromatic rings. The van der Waals surface area contributed by atoms with Gasteiger partial charge < -0.3 is 25.1 Å². The largest absolute Gasteiger partial charge is 0.508 e. The van der Waals surface area contributed by atoms with Crippen LogP contribution in [0.1, 0.15) is 31.1 Å². The average molecular weight is 358 g/mol. The number of β-amino-alcohol motifs (C(OH)–C–C–N with tert-alkyl or cyclic N) is 1. The summed E-state index contributed by atoms with van der Waals surface area (Å²) in [5.41, 5.74) is 1.49. The highest BCUT2D eigenvalue weighted by molar-refractivity contribution is 5.82. The van der Waals surface area contributed by atoms with Gasteiger partial charge >= 0.3 is 5.76 Å². The summed E-state index contributed by atoms with van der Waals surface area (Å²) in [6.45, 7) is 4.25. The van der Waals surface area contributed by atoms with Gasteiger partial charge in [-0.2, -0.15) is 0 Å². The van der Waals surface area contributed by atoms with Gasteiger partial charge in [0.2, 0.25) is 0 Å². The van der Waals surface area contributed by atoms with Gasteiger partial charge in [0.05, 0.1) is 6.10 Å². The number of aromatic amines is 1. The molecule has 0 aliphatic rings. The maximum absolute atomic E-state index is 11.4. The number of fused-ring (bicyclic) bond motifs is 1. The van der Waals surface area contributed by atoms with Crippen LogP contribution in [0, 0.1) is 0 Å². The molecule has 0 saturated carbocycles. The molecule has 26 heavy (non-hydrogen) atoms. The second kappa shape index (κ2) is 6.86. The number of nitrogens with one attached hydrogen (secondary N) is 2. The third-order valence-corrected chi connectivity index (χ3v) is 4.30. The molecule has 0 saturated heterocycles. The molecule has 0 amide bonds. The summed E-state index contributed by atoms with van der Waals surface area (Å²) < 4.78 is 5.06. The zero-order valence-electron chi connectivity index (χ0n) is 14.6. The van der Waals surface area contributed by atoms with Crippen molar-refractivity contribution in [3.63, 3.8) is 0 Å². The van der Waals surface area contributed by atoms with E-state index in [-0.39, 0.29) is 34.7 Å². The van der Waals surface area contributed by atoms with Gasteiger partial charge in [0.15, 0.2) is 5.58 Å². The molecule has 138 valence electrons. The van der Waals surface area contributed by atoms with Crippen molar-refractivity contribution in [3.8, 4) is 11.5 Å². The number of aliphatic hydroxyl groups is 1. The Kier molecular flexibility index (Phi) is 4.76. The van der Waals surface area contributed by atoms with Crippen LogP contribution in [0.4, 0.5) is 0 Å². The minimum absolute atomic E-state index is 0.109. The number of hydrogen-bond acceptors (Lipinski definition) is 6. The van der Waals surface area contributed by atoms with Crippen LogP contribution in [0.25, 0.3) is 11.1 Å². The predicted octanol–water partition coefficient (Wildman–Crippen LogP) is 2.18. The topological polar surface area (TPSA) is 119 Å². The zero-order chi connectivity index (χ0) is 18.9. The van der Waals surface area contributed by atoms with E-state index in [1.165, 1.54) is 12.1 Å². The van der Waals surface area contributed by atoms with Crippen LogP contribution in [0.5, 0.6) is 11.5 Å². The van der Waals surface area contributed by atoms with Crippen LogP contribution < -0.4 is 11.1 Å². The highest BCUT2D eigenvalue weighted by atomic mass is 16.4. The lowest BCUT2D eigenvalue weighted by Crippen LogP contribution is -2.43. The Morgan fingerprint density at radius 1 is 1.15 bits per heavy atom. The standard InChI is InChI=1S/C19H22N2O5/c1-19(2,9-11-3-5-12(22)6-4-11)20-10-15(24)13-7-8-14(23)16-17(13)26-18(25)21-16/h3-8,15,20,22-24H,9-10H2,1-2H3,(H,21,25). The maximum Gasteiger partial charge on any atom is 0.417 e. The van der Waals surface area contributed by atoms with Gasteiger partial charge in [0.25, 0.3) is 0 Å². The van der Waals surface area contributed by atoms with Crippen LogP contribution in [-0.4, -0.2) is 32.4 Å². The summed E-state index contributed by atoms with van der Waals surface area (Å²) in [6.07, 6.45) is -0.222. The van der Waals surface area contributed by atoms with Gasteiger partial charge in [-0.15, -0.1) is 0 Å². The fourth-order valence-corrected chi connectivity index (χ4v) is 2.97. The van der Waals surface area contributed by atoms with E-state index in [4.69, 9.17) is 4.42 Å². The zero-order valence-corrected chi connectivity index (χ0v) is 14.6. The molecule has 7 heteroatoms. The van der Waals surface area contributed by atoms with E-state index in [1.807, 2.05) is 26.0 Å². The van der Waals surface area contributed by atoms with Gasteiger partial charge in [0, 0.05) is 17.6 Å². The number of phenols is 2. The molecule has 1 atom stereocenters. The molecule has 1 unspecified atom stereocenters. The SMILES string of the molecule is CC(C)(Cc1ccc(O)cc1)NCC(O)c1ccc(O)c2[nH]c(=O)oc12. The van der Waals surface area contributed by atoms with E-state index in [0.29, 0.717) is 12.0 Å².